The van der Waals surface area contributed by atoms with Gasteiger partial charge < -0.3 is 16.4 Å². The first-order valence-corrected chi connectivity index (χ1v) is 6.88. The Balaban J connectivity index is 2.03. The highest BCUT2D eigenvalue weighted by atomic mass is 16.2. The van der Waals surface area contributed by atoms with Gasteiger partial charge in [0.15, 0.2) is 0 Å². The molecule has 2 rings (SSSR count). The smallest absolute Gasteiger partial charge is 0.315 e. The van der Waals surface area contributed by atoms with Crippen molar-refractivity contribution >= 4 is 22.7 Å². The summed E-state index contributed by atoms with van der Waals surface area (Å²) < 4.78 is 0. The fraction of sp³-hybridized carbons (Fsp3) is 0.250. The Bertz CT molecular complexity index is 650. The van der Waals surface area contributed by atoms with E-state index in [1.165, 1.54) is 0 Å². The van der Waals surface area contributed by atoms with Crippen LogP contribution in [0.25, 0.3) is 10.8 Å². The van der Waals surface area contributed by atoms with Crippen molar-refractivity contribution in [1.29, 1.82) is 0 Å². The lowest BCUT2D eigenvalue weighted by molar-refractivity contribution is -0.117. The lowest BCUT2D eigenvalue weighted by atomic mass is 10.00. The maximum absolute atomic E-state index is 11.8. The second-order valence-corrected chi connectivity index (χ2v) is 4.91. The second-order valence-electron chi connectivity index (χ2n) is 4.91. The molecule has 0 spiro atoms. The number of carbonyl (C=O) groups excluding carboxylic acids is 2. The molecule has 0 saturated heterocycles. The van der Waals surface area contributed by atoms with Gasteiger partial charge in [0.1, 0.15) is 0 Å². The first-order valence-electron chi connectivity index (χ1n) is 6.88. The largest absolute Gasteiger partial charge is 0.370 e. The van der Waals surface area contributed by atoms with Crippen LogP contribution in [0.3, 0.4) is 0 Å². The van der Waals surface area contributed by atoms with Gasteiger partial charge in [0, 0.05) is 13.0 Å². The summed E-state index contributed by atoms with van der Waals surface area (Å²) in [7, 11) is 0. The first kappa shape index (κ1) is 14.8. The van der Waals surface area contributed by atoms with Crippen LogP contribution >= 0.6 is 0 Å². The number of fused-ring (bicyclic) bond motifs is 1. The lowest BCUT2D eigenvalue weighted by Gasteiger charge is -2.17. The molecule has 0 aromatic heterocycles. The summed E-state index contributed by atoms with van der Waals surface area (Å²) in [5, 5.41) is 7.72. The van der Waals surface area contributed by atoms with E-state index in [-0.39, 0.29) is 25.0 Å². The summed E-state index contributed by atoms with van der Waals surface area (Å²) in [4.78, 5) is 22.4. The van der Waals surface area contributed by atoms with Crippen molar-refractivity contribution in [1.82, 2.24) is 10.6 Å². The SMILES string of the molecule is CC(NC(=O)NCCC(N)=O)c1cccc2ccccc12. The highest BCUT2D eigenvalue weighted by Gasteiger charge is 2.11. The van der Waals surface area contributed by atoms with Crippen molar-refractivity contribution in [3.05, 3.63) is 48.0 Å². The number of amides is 3. The third-order valence-corrected chi connectivity index (χ3v) is 3.29. The highest BCUT2D eigenvalue weighted by Crippen LogP contribution is 2.23. The third kappa shape index (κ3) is 3.95. The zero-order valence-corrected chi connectivity index (χ0v) is 11.9. The number of urea groups is 1. The molecule has 5 nitrogen and oxygen atoms in total. The van der Waals surface area contributed by atoms with Gasteiger partial charge >= 0.3 is 6.03 Å². The maximum atomic E-state index is 11.8. The highest BCUT2D eigenvalue weighted by molar-refractivity contribution is 5.86. The van der Waals surface area contributed by atoms with E-state index in [9.17, 15) is 9.59 Å². The van der Waals surface area contributed by atoms with Gasteiger partial charge in [-0.1, -0.05) is 42.5 Å². The van der Waals surface area contributed by atoms with Crippen LogP contribution in [0.2, 0.25) is 0 Å². The molecule has 21 heavy (non-hydrogen) atoms. The average molecular weight is 285 g/mol. The number of nitrogens with one attached hydrogen (secondary N) is 2. The standard InChI is InChI=1S/C16H19N3O2/c1-11(19-16(21)18-10-9-15(17)20)13-8-4-6-12-5-2-3-7-14(12)13/h2-8,11H,9-10H2,1H3,(H2,17,20)(H2,18,19,21). The molecule has 0 fully saturated rings. The van der Waals surface area contributed by atoms with Crippen LogP contribution in [0.5, 0.6) is 0 Å². The van der Waals surface area contributed by atoms with Gasteiger partial charge in [-0.2, -0.15) is 0 Å². The molecule has 110 valence electrons. The molecule has 1 unspecified atom stereocenters. The third-order valence-electron chi connectivity index (χ3n) is 3.29. The van der Waals surface area contributed by atoms with Gasteiger partial charge in [-0.3, -0.25) is 4.79 Å². The molecular formula is C16H19N3O2. The molecule has 0 aliphatic rings. The Morgan fingerprint density at radius 1 is 1.14 bits per heavy atom. The predicted octanol–water partition coefficient (Wildman–Crippen LogP) is 2.08. The molecular weight excluding hydrogens is 266 g/mol. The molecule has 0 bridgehead atoms. The Labute approximate surface area is 123 Å². The summed E-state index contributed by atoms with van der Waals surface area (Å²) in [6.07, 6.45) is 0.135. The molecule has 4 N–H and O–H groups in total. The summed E-state index contributed by atoms with van der Waals surface area (Å²) in [6, 6.07) is 13.6. The second kappa shape index (κ2) is 6.74. The number of hydrogen-bond donors (Lipinski definition) is 3. The number of carbonyl (C=O) groups is 2. The number of benzene rings is 2. The van der Waals surface area contributed by atoms with Crippen LogP contribution in [-0.4, -0.2) is 18.5 Å². The average Bonchev–Trinajstić information content (AvgIpc) is 2.46. The zero-order chi connectivity index (χ0) is 15.2. The van der Waals surface area contributed by atoms with Gasteiger partial charge in [-0.25, -0.2) is 4.79 Å². The minimum absolute atomic E-state index is 0.135. The first-order chi connectivity index (χ1) is 10.1. The van der Waals surface area contributed by atoms with Crippen molar-refractivity contribution in [2.75, 3.05) is 6.54 Å². The minimum Gasteiger partial charge on any atom is -0.370 e. The monoisotopic (exact) mass is 285 g/mol. The van der Waals surface area contributed by atoms with Crippen LogP contribution in [-0.2, 0) is 4.79 Å². The van der Waals surface area contributed by atoms with Crippen LogP contribution < -0.4 is 16.4 Å². The van der Waals surface area contributed by atoms with E-state index in [0.29, 0.717) is 0 Å². The Hall–Kier alpha value is -2.56. The molecule has 0 heterocycles. The Morgan fingerprint density at radius 3 is 2.62 bits per heavy atom. The maximum Gasteiger partial charge on any atom is 0.315 e. The van der Waals surface area contributed by atoms with Gasteiger partial charge in [0.2, 0.25) is 5.91 Å². The molecule has 3 amide bonds. The quantitative estimate of drug-likeness (QED) is 0.785. The van der Waals surface area contributed by atoms with E-state index in [1.54, 1.807) is 0 Å². The van der Waals surface area contributed by atoms with Crippen LogP contribution in [0.4, 0.5) is 4.79 Å². The molecule has 5 heteroatoms. The molecule has 0 aliphatic carbocycles. The number of nitrogens with two attached hydrogens (primary N) is 1. The van der Waals surface area contributed by atoms with Crippen LogP contribution in [0.15, 0.2) is 42.5 Å². The summed E-state index contributed by atoms with van der Waals surface area (Å²) in [5.41, 5.74) is 6.08. The van der Waals surface area contributed by atoms with Gasteiger partial charge in [0.25, 0.3) is 0 Å². The van der Waals surface area contributed by atoms with Crippen molar-refractivity contribution in [2.45, 2.75) is 19.4 Å². The Morgan fingerprint density at radius 2 is 1.86 bits per heavy atom. The van der Waals surface area contributed by atoms with Gasteiger partial charge in [0.05, 0.1) is 6.04 Å². The van der Waals surface area contributed by atoms with Gasteiger partial charge in [-0.05, 0) is 23.3 Å². The minimum atomic E-state index is -0.433. The molecule has 0 saturated carbocycles. The van der Waals surface area contributed by atoms with E-state index in [1.807, 2.05) is 49.4 Å². The van der Waals surface area contributed by atoms with Crippen molar-refractivity contribution < 1.29 is 9.59 Å². The summed E-state index contributed by atoms with van der Waals surface area (Å²) >= 11 is 0. The number of hydrogen-bond acceptors (Lipinski definition) is 2. The van der Waals surface area contributed by atoms with E-state index in [4.69, 9.17) is 5.73 Å². The number of primary amides is 1. The van der Waals surface area contributed by atoms with E-state index < -0.39 is 5.91 Å². The zero-order valence-electron chi connectivity index (χ0n) is 11.9. The molecule has 0 aliphatic heterocycles. The fourth-order valence-corrected chi connectivity index (χ4v) is 2.25. The topological polar surface area (TPSA) is 84.2 Å². The normalized spacial score (nSPS) is 11.9. The predicted molar refractivity (Wildman–Crippen MR) is 82.7 cm³/mol. The van der Waals surface area contributed by atoms with Gasteiger partial charge in [-0.15, -0.1) is 0 Å². The molecule has 0 radical (unpaired) electrons. The van der Waals surface area contributed by atoms with Crippen molar-refractivity contribution in [2.24, 2.45) is 5.73 Å². The van der Waals surface area contributed by atoms with Crippen molar-refractivity contribution in [3.8, 4) is 0 Å². The van der Waals surface area contributed by atoms with Crippen molar-refractivity contribution in [3.63, 3.8) is 0 Å². The fourth-order valence-electron chi connectivity index (χ4n) is 2.25. The van der Waals surface area contributed by atoms with Crippen LogP contribution in [0.1, 0.15) is 24.9 Å². The molecule has 2 aromatic carbocycles. The van der Waals surface area contributed by atoms with Crippen LogP contribution in [0, 0.1) is 0 Å². The number of rotatable bonds is 5. The molecule has 2 aromatic rings. The van der Waals surface area contributed by atoms with E-state index >= 15 is 0 Å². The van der Waals surface area contributed by atoms with E-state index in [0.717, 1.165) is 16.3 Å². The Kier molecular flexibility index (Phi) is 4.77. The summed E-state index contributed by atoms with van der Waals surface area (Å²) in [5.74, 6) is -0.433. The van der Waals surface area contributed by atoms with E-state index in [2.05, 4.69) is 10.6 Å². The lowest BCUT2D eigenvalue weighted by Crippen LogP contribution is -2.38. The molecule has 1 atom stereocenters. The summed E-state index contributed by atoms with van der Waals surface area (Å²) in [6.45, 7) is 2.17.